The molecular weight excluding hydrogens is 162 g/mol. The Hall–Kier alpha value is -1.16. The molecule has 0 unspecified atom stereocenters. The van der Waals surface area contributed by atoms with Crippen molar-refractivity contribution < 1.29 is 9.63 Å². The Morgan fingerprint density at radius 1 is 1.73 bits per heavy atom. The fourth-order valence-corrected chi connectivity index (χ4v) is 1.32. The molecule has 0 atom stereocenters. The van der Waals surface area contributed by atoms with Crippen molar-refractivity contribution in [1.82, 2.24) is 0 Å². The van der Waals surface area contributed by atoms with Crippen LogP contribution in [0.2, 0.25) is 0 Å². The highest BCUT2D eigenvalue weighted by molar-refractivity contribution is 7.12. The van der Waals surface area contributed by atoms with Gasteiger partial charge in [-0.15, -0.1) is 11.3 Å². The van der Waals surface area contributed by atoms with E-state index in [-0.39, 0.29) is 0 Å². The van der Waals surface area contributed by atoms with E-state index in [1.54, 1.807) is 0 Å². The molecule has 58 valence electrons. The van der Waals surface area contributed by atoms with Gasteiger partial charge in [0.1, 0.15) is 7.11 Å². The molecule has 0 saturated carbocycles. The summed E-state index contributed by atoms with van der Waals surface area (Å²) in [7, 11) is 1.46. The standard InChI is InChI=1S/C7H7NO2S/c1-10-8-4-6-2-3-11-7(6)5-9/h2-5H,1H3/b8-4+. The molecule has 0 aliphatic heterocycles. The fraction of sp³-hybridized carbons (Fsp3) is 0.143. The van der Waals surface area contributed by atoms with Crippen LogP contribution in [0.3, 0.4) is 0 Å². The maximum absolute atomic E-state index is 10.4. The lowest BCUT2D eigenvalue weighted by Crippen LogP contribution is -1.83. The molecule has 0 aliphatic carbocycles. The lowest BCUT2D eigenvalue weighted by molar-refractivity contribution is 0.112. The molecule has 0 saturated heterocycles. The molecule has 0 radical (unpaired) electrons. The number of carbonyl (C=O) groups excluding carboxylic acids is 1. The predicted octanol–water partition coefficient (Wildman–Crippen LogP) is 1.54. The Morgan fingerprint density at radius 2 is 2.55 bits per heavy atom. The van der Waals surface area contributed by atoms with Crippen molar-refractivity contribution in [3.05, 3.63) is 21.9 Å². The second-order valence-corrected chi connectivity index (χ2v) is 2.72. The van der Waals surface area contributed by atoms with E-state index in [9.17, 15) is 4.79 Å². The zero-order valence-corrected chi connectivity index (χ0v) is 6.80. The number of rotatable bonds is 3. The Labute approximate surface area is 68.3 Å². The van der Waals surface area contributed by atoms with Crippen LogP contribution in [0.5, 0.6) is 0 Å². The molecule has 0 N–H and O–H groups in total. The van der Waals surface area contributed by atoms with Gasteiger partial charge < -0.3 is 4.84 Å². The van der Waals surface area contributed by atoms with Crippen LogP contribution < -0.4 is 0 Å². The molecule has 1 rings (SSSR count). The first-order valence-corrected chi connectivity index (χ1v) is 3.85. The summed E-state index contributed by atoms with van der Waals surface area (Å²) in [6.45, 7) is 0. The third-order valence-electron chi connectivity index (χ3n) is 1.13. The van der Waals surface area contributed by atoms with E-state index in [0.29, 0.717) is 4.88 Å². The molecule has 4 heteroatoms. The lowest BCUT2D eigenvalue weighted by atomic mass is 10.3. The first-order valence-electron chi connectivity index (χ1n) is 2.97. The minimum absolute atomic E-state index is 0.672. The molecule has 3 nitrogen and oxygen atoms in total. The minimum atomic E-state index is 0.672. The zero-order chi connectivity index (χ0) is 8.10. The maximum atomic E-state index is 10.4. The second kappa shape index (κ2) is 3.88. The average Bonchev–Trinajstić information content (AvgIpc) is 2.47. The summed E-state index contributed by atoms with van der Waals surface area (Å²) in [6.07, 6.45) is 2.32. The fourth-order valence-electron chi connectivity index (χ4n) is 0.643. The van der Waals surface area contributed by atoms with Crippen molar-refractivity contribution in [3.8, 4) is 0 Å². The van der Waals surface area contributed by atoms with E-state index < -0.39 is 0 Å². The zero-order valence-electron chi connectivity index (χ0n) is 5.98. The van der Waals surface area contributed by atoms with Crippen LogP contribution in [0.1, 0.15) is 15.2 Å². The molecule has 0 fully saturated rings. The van der Waals surface area contributed by atoms with E-state index in [1.165, 1.54) is 24.7 Å². The van der Waals surface area contributed by atoms with Crippen molar-refractivity contribution in [2.75, 3.05) is 7.11 Å². The van der Waals surface area contributed by atoms with E-state index in [2.05, 4.69) is 9.99 Å². The predicted molar refractivity (Wildman–Crippen MR) is 44.3 cm³/mol. The third-order valence-corrected chi connectivity index (χ3v) is 1.99. The summed E-state index contributed by atoms with van der Waals surface area (Å²) in [5.41, 5.74) is 0.798. The van der Waals surface area contributed by atoms with Crippen molar-refractivity contribution in [3.63, 3.8) is 0 Å². The minimum Gasteiger partial charge on any atom is -0.399 e. The first-order chi connectivity index (χ1) is 5.38. The topological polar surface area (TPSA) is 38.7 Å². The van der Waals surface area contributed by atoms with Gasteiger partial charge >= 0.3 is 0 Å². The van der Waals surface area contributed by atoms with Crippen molar-refractivity contribution in [1.29, 1.82) is 0 Å². The monoisotopic (exact) mass is 169 g/mol. The van der Waals surface area contributed by atoms with Gasteiger partial charge in [0, 0.05) is 5.56 Å². The van der Waals surface area contributed by atoms with Crippen LogP contribution in [0.4, 0.5) is 0 Å². The van der Waals surface area contributed by atoms with Gasteiger partial charge in [0.05, 0.1) is 11.1 Å². The van der Waals surface area contributed by atoms with E-state index in [0.717, 1.165) is 11.8 Å². The van der Waals surface area contributed by atoms with Crippen LogP contribution in [-0.2, 0) is 4.84 Å². The van der Waals surface area contributed by atoms with Gasteiger partial charge in [0.2, 0.25) is 0 Å². The summed E-state index contributed by atoms with van der Waals surface area (Å²) in [4.78, 5) is 15.5. The van der Waals surface area contributed by atoms with Gasteiger partial charge in [-0.2, -0.15) is 0 Å². The number of carbonyl (C=O) groups is 1. The Balaban J connectivity index is 2.84. The third kappa shape index (κ3) is 1.88. The Kier molecular flexibility index (Phi) is 2.80. The van der Waals surface area contributed by atoms with Gasteiger partial charge in [-0.1, -0.05) is 5.16 Å². The molecule has 11 heavy (non-hydrogen) atoms. The SMILES string of the molecule is CO/N=C/c1ccsc1C=O. The highest BCUT2D eigenvalue weighted by atomic mass is 32.1. The quantitative estimate of drug-likeness (QED) is 0.391. The number of hydrogen-bond acceptors (Lipinski definition) is 4. The van der Waals surface area contributed by atoms with Gasteiger partial charge in [-0.25, -0.2) is 0 Å². The molecular formula is C7H7NO2S. The largest absolute Gasteiger partial charge is 0.399 e. The summed E-state index contributed by atoms with van der Waals surface area (Å²) < 4.78 is 0. The van der Waals surface area contributed by atoms with Gasteiger partial charge in [-0.05, 0) is 11.4 Å². The normalized spacial score (nSPS) is 10.3. The number of thiophene rings is 1. The molecule has 0 aromatic carbocycles. The summed E-state index contributed by atoms with van der Waals surface area (Å²) in [5, 5.41) is 5.38. The van der Waals surface area contributed by atoms with Crippen molar-refractivity contribution in [2.24, 2.45) is 5.16 Å². The van der Waals surface area contributed by atoms with E-state index in [1.807, 2.05) is 11.4 Å². The number of oxime groups is 1. The highest BCUT2D eigenvalue weighted by Gasteiger charge is 1.98. The lowest BCUT2D eigenvalue weighted by Gasteiger charge is -1.86. The number of nitrogens with zero attached hydrogens (tertiary/aromatic N) is 1. The van der Waals surface area contributed by atoms with Crippen LogP contribution in [0, 0.1) is 0 Å². The number of hydrogen-bond donors (Lipinski definition) is 0. The van der Waals surface area contributed by atoms with Crippen molar-refractivity contribution >= 4 is 23.8 Å². The van der Waals surface area contributed by atoms with Crippen LogP contribution >= 0.6 is 11.3 Å². The maximum Gasteiger partial charge on any atom is 0.160 e. The van der Waals surface area contributed by atoms with Crippen molar-refractivity contribution in [2.45, 2.75) is 0 Å². The smallest absolute Gasteiger partial charge is 0.160 e. The average molecular weight is 169 g/mol. The van der Waals surface area contributed by atoms with Gasteiger partial charge in [0.25, 0.3) is 0 Å². The van der Waals surface area contributed by atoms with Crippen LogP contribution in [-0.4, -0.2) is 19.6 Å². The van der Waals surface area contributed by atoms with Crippen LogP contribution in [0.15, 0.2) is 16.6 Å². The van der Waals surface area contributed by atoms with Crippen LogP contribution in [0.25, 0.3) is 0 Å². The summed E-state index contributed by atoms with van der Waals surface area (Å²) >= 11 is 1.39. The Bertz CT molecular complexity index is 267. The molecule has 1 aromatic rings. The molecule has 1 heterocycles. The molecule has 0 bridgehead atoms. The van der Waals surface area contributed by atoms with Gasteiger partial charge in [-0.3, -0.25) is 4.79 Å². The highest BCUT2D eigenvalue weighted by Crippen LogP contribution is 2.11. The Morgan fingerprint density at radius 3 is 3.18 bits per heavy atom. The second-order valence-electron chi connectivity index (χ2n) is 1.78. The summed E-state index contributed by atoms with van der Waals surface area (Å²) in [6, 6.07) is 1.82. The molecule has 0 amide bonds. The summed E-state index contributed by atoms with van der Waals surface area (Å²) in [5.74, 6) is 0. The van der Waals surface area contributed by atoms with Gasteiger partial charge in [0.15, 0.2) is 6.29 Å². The molecule has 1 aromatic heterocycles. The first kappa shape index (κ1) is 7.94. The molecule has 0 aliphatic rings. The van der Waals surface area contributed by atoms with E-state index >= 15 is 0 Å². The molecule has 0 spiro atoms. The number of aldehydes is 1. The van der Waals surface area contributed by atoms with E-state index in [4.69, 9.17) is 0 Å².